The molecule has 3 aromatic carbocycles. The van der Waals surface area contributed by atoms with Crippen LogP contribution in [0, 0.1) is 6.92 Å². The largest absolute Gasteiger partial charge is 0.496 e. The predicted octanol–water partition coefficient (Wildman–Crippen LogP) is 8.26. The topological polar surface area (TPSA) is 59.0 Å². The van der Waals surface area contributed by atoms with Gasteiger partial charge in [-0.25, -0.2) is 0 Å². The molecule has 0 radical (unpaired) electrons. The molecule has 0 bridgehead atoms. The van der Waals surface area contributed by atoms with Crippen LogP contribution >= 0.6 is 31.9 Å². The first kappa shape index (κ1) is 27.7. The fraction of sp³-hybridized carbons (Fsp3) is 0.367. The highest BCUT2D eigenvalue weighted by molar-refractivity contribution is 9.11. The minimum atomic E-state index is -0.877. The average molecular weight is 631 g/mol. The lowest BCUT2D eigenvalue weighted by Gasteiger charge is -2.31. The maximum Gasteiger partial charge on any atom is 0.307 e. The fourth-order valence-corrected chi connectivity index (χ4v) is 6.49. The summed E-state index contributed by atoms with van der Waals surface area (Å²) in [6.07, 6.45) is 2.27. The molecule has 1 aliphatic heterocycles. The van der Waals surface area contributed by atoms with Gasteiger partial charge in [-0.1, -0.05) is 43.7 Å². The van der Waals surface area contributed by atoms with E-state index in [2.05, 4.69) is 93.9 Å². The maximum absolute atomic E-state index is 11.3. The number of carboxylic acids is 1. The number of hydrogen-bond acceptors (Lipinski definition) is 4. The number of likely N-dealkylation sites (tertiary alicyclic amines) is 1. The second kappa shape index (κ2) is 12.0. The second-order valence-corrected chi connectivity index (χ2v) is 11.6. The van der Waals surface area contributed by atoms with Crippen molar-refractivity contribution in [1.29, 1.82) is 0 Å². The first-order valence-corrected chi connectivity index (χ1v) is 14.2. The molecule has 37 heavy (non-hydrogen) atoms. The summed E-state index contributed by atoms with van der Waals surface area (Å²) in [5, 5.41) is 9.24. The molecule has 1 N–H and O–H groups in total. The van der Waals surface area contributed by atoms with Crippen LogP contribution in [0.4, 0.5) is 0 Å². The van der Waals surface area contributed by atoms with E-state index in [1.165, 1.54) is 24.0 Å². The molecule has 1 aliphatic rings. The van der Waals surface area contributed by atoms with Gasteiger partial charge in [0.25, 0.3) is 0 Å². The van der Waals surface area contributed by atoms with E-state index >= 15 is 0 Å². The summed E-state index contributed by atoms with van der Waals surface area (Å²) in [6, 6.07) is 16.5. The third-order valence-electron chi connectivity index (χ3n) is 6.77. The van der Waals surface area contributed by atoms with Gasteiger partial charge < -0.3 is 14.6 Å². The van der Waals surface area contributed by atoms with Crippen LogP contribution in [0.15, 0.2) is 57.5 Å². The fourth-order valence-electron chi connectivity index (χ4n) is 5.05. The Morgan fingerprint density at radius 2 is 1.65 bits per heavy atom. The Kier molecular flexibility index (Phi) is 8.98. The number of carboxylic acid groups (broad SMARTS) is 1. The molecule has 1 heterocycles. The van der Waals surface area contributed by atoms with Gasteiger partial charge in [0.1, 0.15) is 11.5 Å². The van der Waals surface area contributed by atoms with Gasteiger partial charge in [0, 0.05) is 11.1 Å². The van der Waals surface area contributed by atoms with Gasteiger partial charge in [0.2, 0.25) is 0 Å². The van der Waals surface area contributed by atoms with Crippen molar-refractivity contribution in [3.63, 3.8) is 0 Å². The van der Waals surface area contributed by atoms with E-state index in [9.17, 15) is 9.90 Å². The number of benzene rings is 3. The summed E-state index contributed by atoms with van der Waals surface area (Å²) in [6.45, 7) is 8.45. The molecule has 7 heteroatoms. The summed E-state index contributed by atoms with van der Waals surface area (Å²) < 4.78 is 14.0. The number of halogens is 2. The van der Waals surface area contributed by atoms with Crippen molar-refractivity contribution in [3.8, 4) is 17.2 Å². The minimum absolute atomic E-state index is 0.0105. The maximum atomic E-state index is 11.3. The zero-order valence-corrected chi connectivity index (χ0v) is 24.9. The van der Waals surface area contributed by atoms with E-state index in [0.717, 1.165) is 35.7 Å². The predicted molar refractivity (Wildman–Crippen MR) is 154 cm³/mol. The van der Waals surface area contributed by atoms with Crippen molar-refractivity contribution in [2.45, 2.75) is 52.0 Å². The highest BCUT2D eigenvalue weighted by Crippen LogP contribution is 2.46. The molecule has 3 aromatic rings. The smallest absolute Gasteiger partial charge is 0.307 e. The van der Waals surface area contributed by atoms with Gasteiger partial charge in [-0.05, 0) is 106 Å². The first-order valence-electron chi connectivity index (χ1n) is 12.6. The number of nitrogens with zero attached hydrogens (tertiary/aromatic N) is 1. The van der Waals surface area contributed by atoms with Crippen LogP contribution < -0.4 is 9.47 Å². The third-order valence-corrected chi connectivity index (χ3v) is 7.95. The van der Waals surface area contributed by atoms with E-state index in [4.69, 9.17) is 9.47 Å². The zero-order valence-electron chi connectivity index (χ0n) is 21.7. The number of carbonyl (C=O) groups is 1. The molecule has 0 saturated carbocycles. The Morgan fingerprint density at radius 1 is 1.00 bits per heavy atom. The van der Waals surface area contributed by atoms with Crippen LogP contribution in [-0.2, 0) is 11.2 Å². The Balaban J connectivity index is 1.89. The molecule has 0 spiro atoms. The summed E-state index contributed by atoms with van der Waals surface area (Å²) >= 11 is 7.24. The summed E-state index contributed by atoms with van der Waals surface area (Å²) in [7, 11) is 1.72. The van der Waals surface area contributed by atoms with Gasteiger partial charge in [-0.3, -0.25) is 9.69 Å². The van der Waals surface area contributed by atoms with E-state index < -0.39 is 5.97 Å². The van der Waals surface area contributed by atoms with Crippen LogP contribution in [0.5, 0.6) is 17.2 Å². The van der Waals surface area contributed by atoms with E-state index in [0.29, 0.717) is 20.3 Å². The van der Waals surface area contributed by atoms with Gasteiger partial charge in [-0.2, -0.15) is 0 Å². The van der Waals surface area contributed by atoms with Crippen molar-refractivity contribution >= 4 is 37.8 Å². The van der Waals surface area contributed by atoms with Crippen molar-refractivity contribution in [3.05, 3.63) is 85.3 Å². The van der Waals surface area contributed by atoms with Crippen LogP contribution in [0.3, 0.4) is 0 Å². The Hall–Kier alpha value is -2.35. The van der Waals surface area contributed by atoms with Crippen LogP contribution in [0.2, 0.25) is 0 Å². The highest BCUT2D eigenvalue weighted by Gasteiger charge is 2.30. The molecule has 196 valence electrons. The molecule has 1 unspecified atom stereocenters. The zero-order chi connectivity index (χ0) is 26.7. The Labute approximate surface area is 236 Å². The van der Waals surface area contributed by atoms with Gasteiger partial charge in [0.15, 0.2) is 5.75 Å². The lowest BCUT2D eigenvalue weighted by Crippen LogP contribution is -2.27. The Bertz CT molecular complexity index is 1260. The summed E-state index contributed by atoms with van der Waals surface area (Å²) in [5.41, 5.74) is 5.24. The highest BCUT2D eigenvalue weighted by atomic mass is 79.9. The quantitative estimate of drug-likeness (QED) is 0.258. The molecule has 0 aliphatic carbocycles. The lowest BCUT2D eigenvalue weighted by molar-refractivity contribution is -0.136. The normalized spacial score (nSPS) is 14.7. The molecular formula is C30H33Br2NO4. The van der Waals surface area contributed by atoms with Crippen LogP contribution in [-0.4, -0.2) is 36.2 Å². The SMILES string of the molecule is COc1cc(C(c2cccc(C)c2)N2CCCC2)c(Oc2c(Br)cc(CC(=O)O)cc2Br)cc1C(C)C. The number of ether oxygens (including phenoxy) is 2. The van der Waals surface area contributed by atoms with Crippen molar-refractivity contribution in [2.24, 2.45) is 0 Å². The number of methoxy groups -OCH3 is 1. The van der Waals surface area contributed by atoms with E-state index in [1.807, 2.05) is 0 Å². The molecule has 0 aromatic heterocycles. The number of aryl methyl sites for hydroxylation is 1. The monoisotopic (exact) mass is 629 g/mol. The third kappa shape index (κ3) is 6.39. The summed E-state index contributed by atoms with van der Waals surface area (Å²) in [4.78, 5) is 13.8. The molecular weight excluding hydrogens is 598 g/mol. The van der Waals surface area contributed by atoms with Crippen molar-refractivity contribution in [2.75, 3.05) is 20.2 Å². The number of aliphatic carboxylic acids is 1. The van der Waals surface area contributed by atoms with Gasteiger partial charge in [-0.15, -0.1) is 0 Å². The molecule has 1 saturated heterocycles. The second-order valence-electron chi connectivity index (χ2n) is 9.91. The standard InChI is InChI=1S/C30H33Br2NO4/c1-18(2)22-16-27(37-30-24(31)13-20(14-25(30)32)15-28(34)35)23(17-26(22)36-4)29(33-10-5-6-11-33)21-9-7-8-19(3)12-21/h7-9,12-14,16-18,29H,5-6,10-11,15H2,1-4H3,(H,34,35). The molecule has 5 nitrogen and oxygen atoms in total. The average Bonchev–Trinajstić information content (AvgIpc) is 3.36. The van der Waals surface area contributed by atoms with Gasteiger partial charge >= 0.3 is 5.97 Å². The Morgan fingerprint density at radius 3 is 2.22 bits per heavy atom. The van der Waals surface area contributed by atoms with Crippen molar-refractivity contribution < 1.29 is 19.4 Å². The molecule has 1 fully saturated rings. The molecule has 0 amide bonds. The van der Waals surface area contributed by atoms with Crippen LogP contribution in [0.25, 0.3) is 0 Å². The number of rotatable bonds is 9. The summed E-state index contributed by atoms with van der Waals surface area (Å²) in [5.74, 6) is 1.58. The van der Waals surface area contributed by atoms with E-state index in [-0.39, 0.29) is 18.4 Å². The van der Waals surface area contributed by atoms with E-state index in [1.54, 1.807) is 19.2 Å². The van der Waals surface area contributed by atoms with Gasteiger partial charge in [0.05, 0.1) is 28.5 Å². The molecule has 4 rings (SSSR count). The lowest BCUT2D eigenvalue weighted by atomic mass is 9.91. The molecule has 1 atom stereocenters. The number of hydrogen-bond donors (Lipinski definition) is 1. The van der Waals surface area contributed by atoms with Crippen LogP contribution in [0.1, 0.15) is 66.5 Å². The minimum Gasteiger partial charge on any atom is -0.496 e. The van der Waals surface area contributed by atoms with Crippen molar-refractivity contribution in [1.82, 2.24) is 4.90 Å². The first-order chi connectivity index (χ1) is 17.7.